The lowest BCUT2D eigenvalue weighted by molar-refractivity contribution is -0.148. The molecule has 0 radical (unpaired) electrons. The van der Waals surface area contributed by atoms with Crippen molar-refractivity contribution >= 4 is 23.5 Å². The second kappa shape index (κ2) is 6.06. The lowest BCUT2D eigenvalue weighted by atomic mass is 9.83. The Labute approximate surface area is 129 Å². The molecule has 0 saturated carbocycles. The number of hydrogen-bond acceptors (Lipinski definition) is 2. The summed E-state index contributed by atoms with van der Waals surface area (Å²) in [6, 6.07) is 5.33. The second-order valence-corrected chi connectivity index (χ2v) is 6.13. The largest absolute Gasteiger partial charge is 0.481 e. The first-order valence-electron chi connectivity index (χ1n) is 7.19. The van der Waals surface area contributed by atoms with Crippen molar-refractivity contribution in [2.24, 2.45) is 5.41 Å². The third-order valence-corrected chi connectivity index (χ3v) is 4.75. The molecule has 114 valence electrons. The third kappa shape index (κ3) is 2.91. The molecular weight excluding hydrogens is 290 g/mol. The van der Waals surface area contributed by atoms with Gasteiger partial charge in [-0.05, 0) is 31.4 Å². The summed E-state index contributed by atoms with van der Waals surface area (Å²) in [7, 11) is 0. The van der Waals surface area contributed by atoms with Crippen molar-refractivity contribution in [3.8, 4) is 0 Å². The van der Waals surface area contributed by atoms with Crippen LogP contribution in [0.1, 0.15) is 42.1 Å². The van der Waals surface area contributed by atoms with Crippen LogP contribution in [-0.4, -0.2) is 35.0 Å². The molecule has 1 N–H and O–H groups in total. The lowest BCUT2D eigenvalue weighted by Crippen LogP contribution is -2.37. The number of carbonyl (C=O) groups is 2. The zero-order valence-electron chi connectivity index (χ0n) is 12.4. The predicted molar refractivity (Wildman–Crippen MR) is 81.7 cm³/mol. The number of carboxylic acid groups (broad SMARTS) is 1. The van der Waals surface area contributed by atoms with Crippen molar-refractivity contribution in [3.05, 3.63) is 34.3 Å². The summed E-state index contributed by atoms with van der Waals surface area (Å²) in [5, 5.41) is 9.95. The number of halogens is 1. The molecule has 1 amide bonds. The molecule has 1 aromatic rings. The van der Waals surface area contributed by atoms with Crippen LogP contribution in [0.25, 0.3) is 0 Å². The van der Waals surface area contributed by atoms with Crippen LogP contribution >= 0.6 is 11.6 Å². The van der Waals surface area contributed by atoms with E-state index in [0.29, 0.717) is 30.0 Å². The Morgan fingerprint density at radius 2 is 2.14 bits per heavy atom. The zero-order valence-corrected chi connectivity index (χ0v) is 13.1. The summed E-state index contributed by atoms with van der Waals surface area (Å²) in [4.78, 5) is 25.8. The molecule has 0 aliphatic carbocycles. The first kappa shape index (κ1) is 15.8. The van der Waals surface area contributed by atoms with E-state index < -0.39 is 11.4 Å². The Balaban J connectivity index is 2.23. The quantitative estimate of drug-likeness (QED) is 0.927. The van der Waals surface area contributed by atoms with Crippen LogP contribution in [-0.2, 0) is 4.79 Å². The molecule has 4 nitrogen and oxygen atoms in total. The molecule has 1 unspecified atom stereocenters. The van der Waals surface area contributed by atoms with E-state index >= 15 is 0 Å². The maximum Gasteiger partial charge on any atom is 0.311 e. The van der Waals surface area contributed by atoms with Crippen molar-refractivity contribution in [3.63, 3.8) is 0 Å². The molecule has 21 heavy (non-hydrogen) atoms. The highest BCUT2D eigenvalue weighted by Gasteiger charge is 2.45. The number of aliphatic carboxylic acids is 1. The summed E-state index contributed by atoms with van der Waals surface area (Å²) in [5.74, 6) is -0.988. The Morgan fingerprint density at radius 1 is 1.43 bits per heavy atom. The maximum atomic E-state index is 12.6. The minimum Gasteiger partial charge on any atom is -0.481 e. The van der Waals surface area contributed by atoms with Gasteiger partial charge in [0.15, 0.2) is 0 Å². The Kier molecular flexibility index (Phi) is 4.57. The van der Waals surface area contributed by atoms with E-state index in [4.69, 9.17) is 11.6 Å². The minimum absolute atomic E-state index is 0.178. The molecule has 0 aromatic heterocycles. The van der Waals surface area contributed by atoms with Crippen LogP contribution in [0, 0.1) is 12.3 Å². The van der Waals surface area contributed by atoms with Gasteiger partial charge in [0.25, 0.3) is 5.91 Å². The van der Waals surface area contributed by atoms with Gasteiger partial charge in [0.2, 0.25) is 0 Å². The topological polar surface area (TPSA) is 57.6 Å². The van der Waals surface area contributed by atoms with E-state index in [0.717, 1.165) is 12.0 Å². The smallest absolute Gasteiger partial charge is 0.311 e. The van der Waals surface area contributed by atoms with Crippen LogP contribution in [0.4, 0.5) is 0 Å². The lowest BCUT2D eigenvalue weighted by Gasteiger charge is -2.24. The van der Waals surface area contributed by atoms with E-state index in [-0.39, 0.29) is 12.5 Å². The van der Waals surface area contributed by atoms with E-state index in [1.54, 1.807) is 17.0 Å². The third-order valence-electron chi connectivity index (χ3n) is 4.25. The summed E-state index contributed by atoms with van der Waals surface area (Å²) >= 11 is 6.20. The van der Waals surface area contributed by atoms with E-state index in [1.165, 1.54) is 0 Å². The molecule has 1 aliphatic rings. The zero-order chi connectivity index (χ0) is 15.6. The van der Waals surface area contributed by atoms with Gasteiger partial charge in [-0.25, -0.2) is 0 Å². The van der Waals surface area contributed by atoms with Crippen molar-refractivity contribution in [2.45, 2.75) is 33.1 Å². The van der Waals surface area contributed by atoms with Crippen molar-refractivity contribution in [1.29, 1.82) is 0 Å². The van der Waals surface area contributed by atoms with Gasteiger partial charge in [0.1, 0.15) is 0 Å². The van der Waals surface area contributed by atoms with Crippen LogP contribution in [0.3, 0.4) is 0 Å². The number of amides is 1. The molecular formula is C16H20ClNO3. The average Bonchev–Trinajstić information content (AvgIpc) is 2.87. The standard InChI is InChI=1S/C16H20ClNO3/c1-3-7-16(15(20)21)8-9-18(10-16)14(19)12-6-4-5-11(2)13(12)17/h4-6H,3,7-10H2,1-2H3,(H,20,21). The number of nitrogens with zero attached hydrogens (tertiary/aromatic N) is 1. The monoisotopic (exact) mass is 309 g/mol. The Hall–Kier alpha value is -1.55. The second-order valence-electron chi connectivity index (χ2n) is 5.75. The average molecular weight is 310 g/mol. The number of hydrogen-bond donors (Lipinski definition) is 1. The molecule has 1 aromatic carbocycles. The van der Waals surface area contributed by atoms with Crippen LogP contribution < -0.4 is 0 Å². The molecule has 1 heterocycles. The highest BCUT2D eigenvalue weighted by atomic mass is 35.5. The van der Waals surface area contributed by atoms with Gasteiger partial charge in [-0.1, -0.05) is 37.1 Å². The Morgan fingerprint density at radius 3 is 2.76 bits per heavy atom. The Bertz CT molecular complexity index is 573. The minimum atomic E-state index is -0.810. The highest BCUT2D eigenvalue weighted by Crippen LogP contribution is 2.36. The predicted octanol–water partition coefficient (Wildman–Crippen LogP) is 3.37. The molecule has 2 rings (SSSR count). The van der Waals surface area contributed by atoms with Crippen LogP contribution in [0.2, 0.25) is 5.02 Å². The number of aryl methyl sites for hydroxylation is 1. The molecule has 0 bridgehead atoms. The summed E-state index contributed by atoms with van der Waals surface area (Å²) in [5.41, 5.74) is 0.495. The van der Waals surface area contributed by atoms with E-state index in [2.05, 4.69) is 0 Å². The SMILES string of the molecule is CCCC1(C(=O)O)CCN(C(=O)c2cccc(C)c2Cl)C1. The van der Waals surface area contributed by atoms with Crippen molar-refractivity contribution in [1.82, 2.24) is 4.90 Å². The summed E-state index contributed by atoms with van der Waals surface area (Å²) < 4.78 is 0. The van der Waals surface area contributed by atoms with E-state index in [9.17, 15) is 14.7 Å². The molecule has 0 spiro atoms. The molecule has 1 fully saturated rings. The number of carboxylic acids is 1. The van der Waals surface area contributed by atoms with Gasteiger partial charge in [-0.15, -0.1) is 0 Å². The van der Waals surface area contributed by atoms with Gasteiger partial charge in [-0.3, -0.25) is 9.59 Å². The maximum absolute atomic E-state index is 12.6. The van der Waals surface area contributed by atoms with Gasteiger partial charge >= 0.3 is 5.97 Å². The van der Waals surface area contributed by atoms with Crippen molar-refractivity contribution < 1.29 is 14.7 Å². The van der Waals surface area contributed by atoms with Crippen LogP contribution in [0.5, 0.6) is 0 Å². The molecule has 1 saturated heterocycles. The van der Waals surface area contributed by atoms with Gasteiger partial charge in [0.05, 0.1) is 16.0 Å². The van der Waals surface area contributed by atoms with E-state index in [1.807, 2.05) is 19.9 Å². The normalized spacial score (nSPS) is 21.6. The molecule has 1 atom stereocenters. The van der Waals surface area contributed by atoms with Gasteiger partial charge in [0, 0.05) is 13.1 Å². The van der Waals surface area contributed by atoms with Gasteiger partial charge < -0.3 is 10.0 Å². The number of rotatable bonds is 4. The molecule has 5 heteroatoms. The fourth-order valence-corrected chi connectivity index (χ4v) is 3.20. The number of carbonyl (C=O) groups excluding carboxylic acids is 1. The highest BCUT2D eigenvalue weighted by molar-refractivity contribution is 6.34. The summed E-state index contributed by atoms with van der Waals surface area (Å²) in [6.45, 7) is 4.54. The number of benzene rings is 1. The molecule has 1 aliphatic heterocycles. The van der Waals surface area contributed by atoms with Crippen LogP contribution in [0.15, 0.2) is 18.2 Å². The van der Waals surface area contributed by atoms with Crippen molar-refractivity contribution in [2.75, 3.05) is 13.1 Å². The fourth-order valence-electron chi connectivity index (χ4n) is 2.99. The first-order chi connectivity index (χ1) is 9.91. The fraction of sp³-hybridized carbons (Fsp3) is 0.500. The number of likely N-dealkylation sites (tertiary alicyclic amines) is 1. The van der Waals surface area contributed by atoms with Gasteiger partial charge in [-0.2, -0.15) is 0 Å². The first-order valence-corrected chi connectivity index (χ1v) is 7.57. The summed E-state index contributed by atoms with van der Waals surface area (Å²) in [6.07, 6.45) is 1.89.